The minimum absolute atomic E-state index is 0.356. The summed E-state index contributed by atoms with van der Waals surface area (Å²) >= 11 is 0. The molecule has 236 valence electrons. The van der Waals surface area contributed by atoms with Crippen LogP contribution >= 0.6 is 0 Å². The Hall–Kier alpha value is -2.04. The standard InChI is InChI=1S/C38H62N2O2/c1-13-25(7)33-17-27(9)35(29(11)37(33)41)21-39-19-32(16-24(5)6)40(20-31(39)15-23(3)4)22-36-28(10)18-34(26(8)14-2)38(42)30(36)12/h17-18,23-26,31-32,41-42H,13-16,19-22H2,1-12H3. The smallest absolute Gasteiger partial charge is 0.122 e. The summed E-state index contributed by atoms with van der Waals surface area (Å²) in [6.07, 6.45) is 4.35. The molecule has 1 fully saturated rings. The molecule has 3 rings (SSSR count). The second-order valence-electron chi connectivity index (χ2n) is 14.5. The molecule has 1 saturated heterocycles. The van der Waals surface area contributed by atoms with Crippen LogP contribution in [0, 0.1) is 39.5 Å². The van der Waals surface area contributed by atoms with E-state index in [1.165, 1.54) is 22.3 Å². The number of phenols is 2. The lowest BCUT2D eigenvalue weighted by Crippen LogP contribution is -2.58. The van der Waals surface area contributed by atoms with E-state index < -0.39 is 0 Å². The normalized spacial score (nSPS) is 20.0. The zero-order chi connectivity index (χ0) is 31.5. The first kappa shape index (κ1) is 34.5. The van der Waals surface area contributed by atoms with E-state index in [4.69, 9.17) is 0 Å². The number of phenolic OH excluding ortho intramolecular Hbond substituents is 2. The molecule has 0 radical (unpaired) electrons. The summed E-state index contributed by atoms with van der Waals surface area (Å²) in [5.74, 6) is 2.91. The van der Waals surface area contributed by atoms with Crippen LogP contribution in [0.25, 0.3) is 0 Å². The van der Waals surface area contributed by atoms with E-state index in [1.54, 1.807) is 0 Å². The third kappa shape index (κ3) is 7.72. The molecule has 4 atom stereocenters. The van der Waals surface area contributed by atoms with Crippen molar-refractivity contribution >= 4 is 0 Å². The summed E-state index contributed by atoms with van der Waals surface area (Å²) < 4.78 is 0. The Morgan fingerprint density at radius 1 is 0.643 bits per heavy atom. The highest BCUT2D eigenvalue weighted by molar-refractivity contribution is 5.51. The monoisotopic (exact) mass is 578 g/mol. The molecular formula is C38H62N2O2. The van der Waals surface area contributed by atoms with Gasteiger partial charge in [0.05, 0.1) is 0 Å². The lowest BCUT2D eigenvalue weighted by molar-refractivity contribution is 0.00214. The molecule has 4 unspecified atom stereocenters. The van der Waals surface area contributed by atoms with Crippen LogP contribution in [0.5, 0.6) is 11.5 Å². The number of rotatable bonds is 12. The molecule has 1 heterocycles. The van der Waals surface area contributed by atoms with E-state index in [2.05, 4.69) is 105 Å². The summed E-state index contributed by atoms with van der Waals surface area (Å²) in [6, 6.07) is 5.37. The van der Waals surface area contributed by atoms with Crippen LogP contribution in [0.3, 0.4) is 0 Å². The number of piperazine rings is 1. The van der Waals surface area contributed by atoms with Crippen LogP contribution < -0.4 is 0 Å². The largest absolute Gasteiger partial charge is 0.507 e. The first-order valence-corrected chi connectivity index (χ1v) is 16.8. The van der Waals surface area contributed by atoms with E-state index >= 15 is 0 Å². The minimum atomic E-state index is 0.356. The predicted octanol–water partition coefficient (Wildman–Crippen LogP) is 9.51. The third-order valence-electron chi connectivity index (χ3n) is 10.3. The van der Waals surface area contributed by atoms with E-state index in [-0.39, 0.29) is 0 Å². The molecule has 4 nitrogen and oxygen atoms in total. The van der Waals surface area contributed by atoms with Crippen molar-refractivity contribution in [3.63, 3.8) is 0 Å². The molecule has 1 aliphatic heterocycles. The number of hydrogen-bond donors (Lipinski definition) is 2. The van der Waals surface area contributed by atoms with Crippen LogP contribution in [0.15, 0.2) is 12.1 Å². The van der Waals surface area contributed by atoms with Crippen LogP contribution in [-0.4, -0.2) is 45.2 Å². The maximum absolute atomic E-state index is 11.2. The summed E-state index contributed by atoms with van der Waals surface area (Å²) in [5.41, 5.74) is 9.48. The Morgan fingerprint density at radius 2 is 0.976 bits per heavy atom. The second-order valence-corrected chi connectivity index (χ2v) is 14.5. The lowest BCUT2D eigenvalue weighted by atomic mass is 9.88. The summed E-state index contributed by atoms with van der Waals surface area (Å²) in [7, 11) is 0. The van der Waals surface area contributed by atoms with Crippen molar-refractivity contribution in [2.75, 3.05) is 13.1 Å². The van der Waals surface area contributed by atoms with Gasteiger partial charge in [-0.2, -0.15) is 0 Å². The molecule has 0 saturated carbocycles. The van der Waals surface area contributed by atoms with Crippen molar-refractivity contribution < 1.29 is 10.2 Å². The van der Waals surface area contributed by atoms with Crippen LogP contribution in [-0.2, 0) is 13.1 Å². The Kier molecular flexibility index (Phi) is 12.0. The van der Waals surface area contributed by atoms with E-state index in [0.29, 0.717) is 47.3 Å². The first-order valence-electron chi connectivity index (χ1n) is 16.8. The highest BCUT2D eigenvalue weighted by atomic mass is 16.3. The Bertz CT molecular complexity index is 1110. The molecule has 0 spiro atoms. The topological polar surface area (TPSA) is 46.9 Å². The van der Waals surface area contributed by atoms with Gasteiger partial charge in [0.2, 0.25) is 0 Å². The predicted molar refractivity (Wildman–Crippen MR) is 180 cm³/mol. The van der Waals surface area contributed by atoms with Gasteiger partial charge in [-0.25, -0.2) is 0 Å². The highest BCUT2D eigenvalue weighted by Gasteiger charge is 2.35. The summed E-state index contributed by atoms with van der Waals surface area (Å²) in [4.78, 5) is 5.45. The maximum Gasteiger partial charge on any atom is 0.122 e. The van der Waals surface area contributed by atoms with Crippen molar-refractivity contribution in [2.45, 2.75) is 146 Å². The summed E-state index contributed by atoms with van der Waals surface area (Å²) in [6.45, 7) is 30.7. The molecule has 1 aliphatic rings. The Labute approximate surface area is 258 Å². The minimum Gasteiger partial charge on any atom is -0.507 e. The van der Waals surface area contributed by atoms with Gasteiger partial charge >= 0.3 is 0 Å². The fraction of sp³-hybridized carbons (Fsp3) is 0.684. The van der Waals surface area contributed by atoms with E-state index in [0.717, 1.165) is 74.1 Å². The van der Waals surface area contributed by atoms with Gasteiger partial charge in [0.25, 0.3) is 0 Å². The van der Waals surface area contributed by atoms with E-state index in [9.17, 15) is 10.2 Å². The Morgan fingerprint density at radius 3 is 1.26 bits per heavy atom. The molecule has 2 aromatic carbocycles. The SMILES string of the molecule is CCC(C)c1cc(C)c(CN2CC(CC(C)C)N(Cc3c(C)cc(C(C)CC)c(O)c3C)CC2CC(C)C)c(C)c1O. The number of aromatic hydroxyl groups is 2. The molecule has 0 aliphatic carbocycles. The molecule has 0 aromatic heterocycles. The average molecular weight is 579 g/mol. The fourth-order valence-corrected chi connectivity index (χ4v) is 7.16. The summed E-state index contributed by atoms with van der Waals surface area (Å²) in [5, 5.41) is 22.4. The average Bonchev–Trinajstić information content (AvgIpc) is 2.93. The second kappa shape index (κ2) is 14.6. The number of hydrogen-bond acceptors (Lipinski definition) is 4. The van der Waals surface area contributed by atoms with Gasteiger partial charge in [0.15, 0.2) is 0 Å². The molecule has 2 N–H and O–H groups in total. The van der Waals surface area contributed by atoms with Crippen LogP contribution in [0.2, 0.25) is 0 Å². The van der Waals surface area contributed by atoms with Gasteiger partial charge in [-0.15, -0.1) is 0 Å². The van der Waals surface area contributed by atoms with E-state index in [1.807, 2.05) is 0 Å². The number of benzene rings is 2. The molecule has 0 amide bonds. The van der Waals surface area contributed by atoms with Gasteiger partial charge in [-0.3, -0.25) is 9.80 Å². The number of aryl methyl sites for hydroxylation is 2. The van der Waals surface area contributed by atoms with Crippen molar-refractivity contribution in [3.05, 3.63) is 56.6 Å². The highest BCUT2D eigenvalue weighted by Crippen LogP contribution is 2.38. The van der Waals surface area contributed by atoms with Gasteiger partial charge in [0, 0.05) is 38.3 Å². The molecule has 42 heavy (non-hydrogen) atoms. The van der Waals surface area contributed by atoms with Crippen LogP contribution in [0.4, 0.5) is 0 Å². The lowest BCUT2D eigenvalue weighted by Gasteiger charge is -2.48. The molecule has 4 heteroatoms. The van der Waals surface area contributed by atoms with Crippen molar-refractivity contribution in [2.24, 2.45) is 11.8 Å². The first-order chi connectivity index (χ1) is 19.7. The fourth-order valence-electron chi connectivity index (χ4n) is 7.16. The molecule has 2 aromatic rings. The van der Waals surface area contributed by atoms with Gasteiger partial charge < -0.3 is 10.2 Å². The quantitative estimate of drug-likeness (QED) is 0.263. The van der Waals surface area contributed by atoms with Gasteiger partial charge in [0.1, 0.15) is 11.5 Å². The van der Waals surface area contributed by atoms with Crippen molar-refractivity contribution in [3.8, 4) is 11.5 Å². The maximum atomic E-state index is 11.2. The van der Waals surface area contributed by atoms with Crippen molar-refractivity contribution in [1.29, 1.82) is 0 Å². The Balaban J connectivity index is 1.98. The van der Waals surface area contributed by atoms with Crippen molar-refractivity contribution in [1.82, 2.24) is 9.80 Å². The van der Waals surface area contributed by atoms with Gasteiger partial charge in [-0.05, 0) is 122 Å². The number of nitrogens with zero attached hydrogens (tertiary/aromatic N) is 2. The zero-order valence-corrected chi connectivity index (χ0v) is 29.1. The zero-order valence-electron chi connectivity index (χ0n) is 29.1. The van der Waals surface area contributed by atoms with Gasteiger partial charge in [-0.1, -0.05) is 67.5 Å². The molecular weight excluding hydrogens is 516 g/mol. The third-order valence-corrected chi connectivity index (χ3v) is 10.3. The van der Waals surface area contributed by atoms with Crippen LogP contribution in [0.1, 0.15) is 137 Å². The molecule has 0 bridgehead atoms.